The molecule has 0 aliphatic rings. The molecule has 1 aromatic heterocycles. The molecule has 0 atom stereocenters. The Morgan fingerprint density at radius 1 is 0.554 bits per heavy atom. The minimum absolute atomic E-state index is 0.0107. The van der Waals surface area contributed by atoms with Crippen molar-refractivity contribution < 1.29 is 96.8 Å². The van der Waals surface area contributed by atoms with Gasteiger partial charge in [0.15, 0.2) is 19.7 Å². The number of nitrogens with zero attached hydrogens (tertiary/aromatic N) is 5. The summed E-state index contributed by atoms with van der Waals surface area (Å²) in [6.07, 6.45) is 0. The second-order valence-electron chi connectivity index (χ2n) is 14.3. The van der Waals surface area contributed by atoms with Gasteiger partial charge in [0.2, 0.25) is 17.8 Å². The average Bonchev–Trinajstić information content (AvgIpc) is 3.28. The molecule has 5 aromatic carbocycles. The molecule has 74 heavy (non-hydrogen) atoms. The number of benzene rings is 5. The highest BCUT2D eigenvalue weighted by Crippen LogP contribution is 2.42. The van der Waals surface area contributed by atoms with Gasteiger partial charge in [-0.2, -0.15) is 48.6 Å². The van der Waals surface area contributed by atoms with Gasteiger partial charge in [0.1, 0.15) is 22.0 Å². The van der Waals surface area contributed by atoms with Crippen molar-refractivity contribution in [3.63, 3.8) is 0 Å². The summed E-state index contributed by atoms with van der Waals surface area (Å²) in [5.74, 6) is -3.43. The molecule has 0 amide bonds. The molecular formula is C36H35N9O22S7. The van der Waals surface area contributed by atoms with E-state index in [1.807, 2.05) is 0 Å². The molecule has 0 unspecified atom stereocenters. The molecule has 0 fully saturated rings. The van der Waals surface area contributed by atoms with Crippen LogP contribution in [-0.4, -0.2) is 125 Å². The van der Waals surface area contributed by atoms with Gasteiger partial charge in [0, 0.05) is 23.1 Å². The van der Waals surface area contributed by atoms with Crippen molar-refractivity contribution >= 4 is 135 Å². The van der Waals surface area contributed by atoms with E-state index in [4.69, 9.17) is 14.4 Å². The monoisotopic (exact) mass is 1170 g/mol. The third kappa shape index (κ3) is 16.1. The third-order valence-electron chi connectivity index (χ3n) is 9.23. The molecule has 0 spiro atoms. The van der Waals surface area contributed by atoms with Crippen LogP contribution in [0.3, 0.4) is 0 Å². The lowest BCUT2D eigenvalue weighted by Crippen LogP contribution is -2.15. The summed E-state index contributed by atoms with van der Waals surface area (Å²) in [6, 6.07) is 17.1. The van der Waals surface area contributed by atoms with Crippen molar-refractivity contribution in [3.05, 3.63) is 91.0 Å². The van der Waals surface area contributed by atoms with E-state index in [9.17, 15) is 64.7 Å². The Bertz CT molecular complexity index is 3670. The van der Waals surface area contributed by atoms with Crippen LogP contribution < -0.4 is 21.3 Å². The van der Waals surface area contributed by atoms with Crippen LogP contribution in [0.4, 0.5) is 52.0 Å². The Morgan fingerprint density at radius 3 is 1.50 bits per heavy atom. The number of hydrogen-bond donors (Lipinski definition) is 10. The standard InChI is InChI=1S/C36H35N9O22S7/c46-30-19-27(71(52,53)54)17-21-1-11-28(37-20-68-67-66-47)33(32(21)30)45-44-29-18-24(6-12-31(29)72(55,56)57)40-36-42-34(38-22-2-7-25(8-3-22)69(48,49)15-13-64-73(58,59)60)41-35(43-36)39-23-4-9-26(10-5-23)70(50,51)16-14-65-74(61,62)63/h1-12,17-19,37,46-47H,13-16,20H2,(H,52,53,54)(H,55,56,57)(H,58,59,60)(H,61,62,63)(H3,38,39,40,41,42,43). The summed E-state index contributed by atoms with van der Waals surface area (Å²) in [5.41, 5.74) is -0.519. The number of phenols is 1. The number of anilines is 7. The predicted molar refractivity (Wildman–Crippen MR) is 258 cm³/mol. The van der Waals surface area contributed by atoms with Gasteiger partial charge < -0.3 is 26.4 Å². The number of rotatable bonds is 25. The zero-order chi connectivity index (χ0) is 54.3. The van der Waals surface area contributed by atoms with Crippen molar-refractivity contribution in [1.29, 1.82) is 0 Å². The first-order valence-corrected chi connectivity index (χ1v) is 29.4. The number of phenolic OH excluding ortho intramolecular Hbond substituents is 1. The first kappa shape index (κ1) is 56.9. The molecule has 38 heteroatoms. The fraction of sp³-hybridized carbons (Fsp3) is 0.139. The van der Waals surface area contributed by atoms with Crippen LogP contribution in [0.2, 0.25) is 0 Å². The number of sulfone groups is 2. The minimum atomic E-state index is -5.08. The van der Waals surface area contributed by atoms with Crippen molar-refractivity contribution in [1.82, 2.24) is 15.0 Å². The number of aromatic hydroxyl groups is 1. The van der Waals surface area contributed by atoms with Gasteiger partial charge in [-0.15, -0.1) is 14.6 Å². The van der Waals surface area contributed by atoms with Crippen LogP contribution >= 0.6 is 12.0 Å². The normalized spacial score (nSPS) is 12.8. The molecule has 6 rings (SSSR count). The summed E-state index contributed by atoms with van der Waals surface area (Å²) in [5, 5.41) is 42.3. The molecule has 0 bridgehead atoms. The lowest BCUT2D eigenvalue weighted by molar-refractivity contribution is -0.432. The molecule has 398 valence electrons. The second kappa shape index (κ2) is 23.1. The fourth-order valence-electron chi connectivity index (χ4n) is 6.10. The lowest BCUT2D eigenvalue weighted by Gasteiger charge is -2.13. The fourth-order valence-corrected chi connectivity index (χ4v) is 10.5. The average molecular weight is 1170 g/mol. The Balaban J connectivity index is 1.37. The molecule has 0 saturated heterocycles. The Morgan fingerprint density at radius 2 is 1.04 bits per heavy atom. The topological polar surface area (TPSA) is 475 Å². The number of azo groups is 1. The molecule has 1 heterocycles. The first-order chi connectivity index (χ1) is 34.5. The zero-order valence-electron chi connectivity index (χ0n) is 36.5. The quantitative estimate of drug-likeness (QED) is 0.00717. The van der Waals surface area contributed by atoms with Gasteiger partial charge in [-0.1, -0.05) is 11.1 Å². The van der Waals surface area contributed by atoms with E-state index in [1.54, 1.807) is 0 Å². The summed E-state index contributed by atoms with van der Waals surface area (Å²) in [7, 11) is -28.0. The van der Waals surface area contributed by atoms with Crippen LogP contribution in [0.15, 0.2) is 121 Å². The molecule has 31 nitrogen and oxygen atoms in total. The highest BCUT2D eigenvalue weighted by Gasteiger charge is 2.22. The first-order valence-electron chi connectivity index (χ1n) is 19.6. The highest BCUT2D eigenvalue weighted by atomic mass is 32.3. The van der Waals surface area contributed by atoms with Crippen LogP contribution in [0.1, 0.15) is 0 Å². The number of hydrogen-bond acceptors (Lipinski definition) is 28. The minimum Gasteiger partial charge on any atom is -0.507 e. The summed E-state index contributed by atoms with van der Waals surface area (Å²) >= 11 is 0.534. The summed E-state index contributed by atoms with van der Waals surface area (Å²) in [4.78, 5) is 10.8. The van der Waals surface area contributed by atoms with Gasteiger partial charge in [0.05, 0.1) is 68.4 Å². The van der Waals surface area contributed by atoms with Crippen LogP contribution in [0.5, 0.6) is 5.75 Å². The van der Waals surface area contributed by atoms with Gasteiger partial charge in [-0.3, -0.25) is 18.2 Å². The van der Waals surface area contributed by atoms with Gasteiger partial charge >= 0.3 is 20.8 Å². The van der Waals surface area contributed by atoms with Crippen LogP contribution in [-0.2, 0) is 78.4 Å². The maximum atomic E-state index is 12.8. The van der Waals surface area contributed by atoms with Crippen LogP contribution in [0, 0.1) is 0 Å². The van der Waals surface area contributed by atoms with Crippen molar-refractivity contribution in [2.45, 2.75) is 19.6 Å². The maximum Gasteiger partial charge on any atom is 0.397 e. The summed E-state index contributed by atoms with van der Waals surface area (Å²) < 4.78 is 194. The highest BCUT2D eigenvalue weighted by molar-refractivity contribution is 7.94. The van der Waals surface area contributed by atoms with Gasteiger partial charge in [-0.05, 0) is 84.2 Å². The van der Waals surface area contributed by atoms with E-state index >= 15 is 0 Å². The Labute approximate surface area is 423 Å². The zero-order valence-corrected chi connectivity index (χ0v) is 42.2. The molecule has 10 N–H and O–H groups in total. The molecule has 0 aliphatic carbocycles. The molecule has 0 radical (unpaired) electrons. The van der Waals surface area contributed by atoms with Gasteiger partial charge in [0.25, 0.3) is 20.2 Å². The maximum absolute atomic E-state index is 12.8. The molecule has 0 aliphatic heterocycles. The number of aromatic nitrogens is 3. The second-order valence-corrected chi connectivity index (χ2v) is 24.2. The molecule has 0 saturated carbocycles. The van der Waals surface area contributed by atoms with E-state index < -0.39 is 107 Å². The number of fused-ring (bicyclic) bond motifs is 1. The third-order valence-corrected chi connectivity index (χ3v) is 15.7. The molecular weight excluding hydrogens is 1130 g/mol. The van der Waals surface area contributed by atoms with E-state index in [2.05, 4.69) is 64.2 Å². The van der Waals surface area contributed by atoms with E-state index in [-0.39, 0.29) is 72.7 Å². The van der Waals surface area contributed by atoms with Crippen LogP contribution in [0.25, 0.3) is 10.8 Å². The van der Waals surface area contributed by atoms with Gasteiger partial charge in [-0.25, -0.2) is 30.5 Å². The SMILES string of the molecule is O=S(=O)(O)OCCS(=O)(=O)c1ccc(Nc2nc(Nc3ccc(S(=O)(=O)CCOS(=O)(=O)O)cc3)nc(Nc3ccc(S(=O)(=O)O)c(N=Nc4c(NCSOOO)ccc5cc(S(=O)(=O)O)cc(O)c45)c3)n2)cc1. The van der Waals surface area contributed by atoms with E-state index in [1.165, 1.54) is 36.4 Å². The van der Waals surface area contributed by atoms with E-state index in [0.717, 1.165) is 48.5 Å². The van der Waals surface area contributed by atoms with E-state index in [0.29, 0.717) is 18.1 Å². The predicted octanol–water partition coefficient (Wildman–Crippen LogP) is 4.50. The summed E-state index contributed by atoms with van der Waals surface area (Å²) in [6.45, 7) is -1.78. The van der Waals surface area contributed by atoms with Crippen molar-refractivity contribution in [3.8, 4) is 5.75 Å². The molecule has 6 aromatic rings. The largest absolute Gasteiger partial charge is 0.507 e. The Kier molecular flexibility index (Phi) is 17.7. The smallest absolute Gasteiger partial charge is 0.397 e. The Hall–Kier alpha value is -6.34. The van der Waals surface area contributed by atoms with Crippen molar-refractivity contribution in [2.75, 3.05) is 51.9 Å². The lowest BCUT2D eigenvalue weighted by atomic mass is 10.1. The van der Waals surface area contributed by atoms with Crippen molar-refractivity contribution in [2.24, 2.45) is 10.2 Å². The number of nitrogens with one attached hydrogen (secondary N) is 4.